The molecular formula is C23H26F3N3O3. The van der Waals surface area contributed by atoms with E-state index in [-0.39, 0.29) is 12.5 Å². The number of nitrogens with zero attached hydrogens (tertiary/aromatic N) is 2. The Hall–Kier alpha value is -2.91. The quantitative estimate of drug-likeness (QED) is 0.628. The van der Waals surface area contributed by atoms with Gasteiger partial charge in [-0.15, -0.1) is 0 Å². The van der Waals surface area contributed by atoms with Crippen LogP contribution in [0.25, 0.3) is 0 Å². The zero-order chi connectivity index (χ0) is 23.1. The number of anilines is 1. The number of hydrogen-bond acceptors (Lipinski definition) is 4. The van der Waals surface area contributed by atoms with Gasteiger partial charge in [0, 0.05) is 31.7 Å². The van der Waals surface area contributed by atoms with Gasteiger partial charge in [0.15, 0.2) is 17.5 Å². The van der Waals surface area contributed by atoms with Crippen molar-refractivity contribution in [2.75, 3.05) is 44.7 Å². The first kappa shape index (κ1) is 23.7. The van der Waals surface area contributed by atoms with Crippen LogP contribution in [0.15, 0.2) is 36.4 Å². The molecule has 0 saturated carbocycles. The zero-order valence-electron chi connectivity index (χ0n) is 17.9. The molecule has 0 aliphatic carbocycles. The van der Waals surface area contributed by atoms with Gasteiger partial charge in [0.25, 0.3) is 5.91 Å². The van der Waals surface area contributed by atoms with E-state index in [0.29, 0.717) is 38.3 Å². The molecule has 1 aliphatic heterocycles. The SMILES string of the molecule is CCCN(CC(=O)Nc1ccc(F)c(F)c1F)C(=O)c1cccc(CN2CCOCC2)c1. The lowest BCUT2D eigenvalue weighted by atomic mass is 10.1. The summed E-state index contributed by atoms with van der Waals surface area (Å²) in [5, 5.41) is 2.21. The van der Waals surface area contributed by atoms with Crippen LogP contribution in [0.4, 0.5) is 18.9 Å². The molecule has 1 saturated heterocycles. The van der Waals surface area contributed by atoms with Gasteiger partial charge in [-0.1, -0.05) is 19.1 Å². The highest BCUT2D eigenvalue weighted by Crippen LogP contribution is 2.20. The van der Waals surface area contributed by atoms with Crippen LogP contribution in [-0.2, 0) is 16.1 Å². The second-order valence-corrected chi connectivity index (χ2v) is 7.59. The summed E-state index contributed by atoms with van der Waals surface area (Å²) in [7, 11) is 0. The van der Waals surface area contributed by atoms with Crippen molar-refractivity contribution in [1.29, 1.82) is 0 Å². The van der Waals surface area contributed by atoms with Crippen molar-refractivity contribution >= 4 is 17.5 Å². The zero-order valence-corrected chi connectivity index (χ0v) is 17.9. The Morgan fingerprint density at radius 2 is 1.84 bits per heavy atom. The summed E-state index contributed by atoms with van der Waals surface area (Å²) in [6.45, 7) is 5.50. The number of carbonyl (C=O) groups is 2. The molecule has 0 spiro atoms. The fourth-order valence-electron chi connectivity index (χ4n) is 3.51. The molecule has 1 heterocycles. The minimum atomic E-state index is -1.67. The van der Waals surface area contributed by atoms with Crippen molar-refractivity contribution < 1.29 is 27.5 Å². The minimum absolute atomic E-state index is 0.306. The van der Waals surface area contributed by atoms with E-state index < -0.39 is 29.0 Å². The third kappa shape index (κ3) is 6.08. The van der Waals surface area contributed by atoms with Gasteiger partial charge in [-0.3, -0.25) is 14.5 Å². The number of ether oxygens (including phenoxy) is 1. The van der Waals surface area contributed by atoms with E-state index >= 15 is 0 Å². The molecule has 0 bridgehead atoms. The van der Waals surface area contributed by atoms with E-state index in [9.17, 15) is 22.8 Å². The molecular weight excluding hydrogens is 423 g/mol. The van der Waals surface area contributed by atoms with E-state index in [1.165, 1.54) is 4.90 Å². The summed E-state index contributed by atoms with van der Waals surface area (Å²) in [5.41, 5.74) is 0.934. The summed E-state index contributed by atoms with van der Waals surface area (Å²) in [5.74, 6) is -5.54. The van der Waals surface area contributed by atoms with Crippen LogP contribution in [0, 0.1) is 17.5 Å². The topological polar surface area (TPSA) is 61.9 Å². The van der Waals surface area contributed by atoms with Gasteiger partial charge >= 0.3 is 0 Å². The second-order valence-electron chi connectivity index (χ2n) is 7.59. The third-order valence-corrected chi connectivity index (χ3v) is 5.11. The predicted molar refractivity (Wildman–Crippen MR) is 114 cm³/mol. The predicted octanol–water partition coefficient (Wildman–Crippen LogP) is 3.43. The van der Waals surface area contributed by atoms with E-state index in [1.807, 2.05) is 13.0 Å². The first-order valence-electron chi connectivity index (χ1n) is 10.5. The van der Waals surface area contributed by atoms with Crippen LogP contribution < -0.4 is 5.32 Å². The molecule has 32 heavy (non-hydrogen) atoms. The van der Waals surface area contributed by atoms with Crippen LogP contribution in [0.3, 0.4) is 0 Å². The van der Waals surface area contributed by atoms with Gasteiger partial charge in [0.1, 0.15) is 6.54 Å². The highest BCUT2D eigenvalue weighted by atomic mass is 19.2. The fraction of sp³-hybridized carbons (Fsp3) is 0.391. The summed E-state index contributed by atoms with van der Waals surface area (Å²) in [6.07, 6.45) is 0.603. The lowest BCUT2D eigenvalue weighted by molar-refractivity contribution is -0.116. The molecule has 0 atom stereocenters. The van der Waals surface area contributed by atoms with Crippen molar-refractivity contribution in [2.45, 2.75) is 19.9 Å². The summed E-state index contributed by atoms with van der Waals surface area (Å²) in [6, 6.07) is 8.88. The number of carbonyl (C=O) groups excluding carboxylic acids is 2. The van der Waals surface area contributed by atoms with Gasteiger partial charge in [-0.05, 0) is 36.2 Å². The number of benzene rings is 2. The number of amides is 2. The monoisotopic (exact) mass is 449 g/mol. The van der Waals surface area contributed by atoms with Gasteiger partial charge < -0.3 is 15.0 Å². The highest BCUT2D eigenvalue weighted by molar-refractivity contribution is 5.99. The average molecular weight is 449 g/mol. The Balaban J connectivity index is 1.68. The molecule has 2 aromatic carbocycles. The van der Waals surface area contributed by atoms with E-state index in [1.54, 1.807) is 18.2 Å². The normalized spacial score (nSPS) is 14.2. The molecule has 9 heteroatoms. The number of nitrogens with one attached hydrogen (secondary N) is 1. The second kappa shape index (κ2) is 11.1. The standard InChI is InChI=1S/C23H26F3N3O3/c1-2-8-29(15-20(30)27-19-7-6-18(24)21(25)22(19)26)23(31)17-5-3-4-16(13-17)14-28-9-11-32-12-10-28/h3-7,13H,2,8-12,14-15H2,1H3,(H,27,30). The third-order valence-electron chi connectivity index (χ3n) is 5.11. The molecule has 1 aliphatic rings. The van der Waals surface area contributed by atoms with Gasteiger partial charge in [-0.25, -0.2) is 13.2 Å². The van der Waals surface area contributed by atoms with Gasteiger partial charge in [-0.2, -0.15) is 0 Å². The van der Waals surface area contributed by atoms with Crippen molar-refractivity contribution in [3.05, 3.63) is 65.0 Å². The van der Waals surface area contributed by atoms with Crippen molar-refractivity contribution in [1.82, 2.24) is 9.80 Å². The lowest BCUT2D eigenvalue weighted by Gasteiger charge is -2.27. The summed E-state index contributed by atoms with van der Waals surface area (Å²) < 4.78 is 45.7. The first-order chi connectivity index (χ1) is 15.4. The van der Waals surface area contributed by atoms with Crippen LogP contribution in [0.5, 0.6) is 0 Å². The fourth-order valence-corrected chi connectivity index (χ4v) is 3.51. The lowest BCUT2D eigenvalue weighted by Crippen LogP contribution is -2.39. The smallest absolute Gasteiger partial charge is 0.254 e. The Morgan fingerprint density at radius 3 is 2.56 bits per heavy atom. The molecule has 3 rings (SSSR count). The maximum Gasteiger partial charge on any atom is 0.254 e. The molecule has 0 aromatic heterocycles. The average Bonchev–Trinajstić information content (AvgIpc) is 2.79. The van der Waals surface area contributed by atoms with E-state index in [4.69, 9.17) is 4.74 Å². The number of morpholine rings is 1. The highest BCUT2D eigenvalue weighted by Gasteiger charge is 2.21. The van der Waals surface area contributed by atoms with E-state index in [2.05, 4.69) is 10.2 Å². The minimum Gasteiger partial charge on any atom is -0.379 e. The maximum atomic E-state index is 13.8. The van der Waals surface area contributed by atoms with Crippen molar-refractivity contribution in [2.24, 2.45) is 0 Å². The Morgan fingerprint density at radius 1 is 1.09 bits per heavy atom. The van der Waals surface area contributed by atoms with Gasteiger partial charge in [0.2, 0.25) is 5.91 Å². The van der Waals surface area contributed by atoms with Crippen LogP contribution >= 0.6 is 0 Å². The van der Waals surface area contributed by atoms with Crippen molar-refractivity contribution in [3.8, 4) is 0 Å². The molecule has 172 valence electrons. The number of rotatable bonds is 8. The molecule has 0 unspecified atom stereocenters. The summed E-state index contributed by atoms with van der Waals surface area (Å²) >= 11 is 0. The van der Waals surface area contributed by atoms with Crippen LogP contribution in [0.1, 0.15) is 29.3 Å². The number of halogens is 3. The molecule has 2 amide bonds. The van der Waals surface area contributed by atoms with Gasteiger partial charge in [0.05, 0.1) is 18.9 Å². The first-order valence-corrected chi connectivity index (χ1v) is 10.5. The van der Waals surface area contributed by atoms with E-state index in [0.717, 1.165) is 30.8 Å². The van der Waals surface area contributed by atoms with Crippen molar-refractivity contribution in [3.63, 3.8) is 0 Å². The Bertz CT molecular complexity index is 965. The number of hydrogen-bond donors (Lipinski definition) is 1. The Kier molecular flexibility index (Phi) is 8.24. The molecule has 2 aromatic rings. The molecule has 0 radical (unpaired) electrons. The largest absolute Gasteiger partial charge is 0.379 e. The summed E-state index contributed by atoms with van der Waals surface area (Å²) in [4.78, 5) is 29.1. The van der Waals surface area contributed by atoms with Crippen LogP contribution in [0.2, 0.25) is 0 Å². The maximum absolute atomic E-state index is 13.8. The van der Waals surface area contributed by atoms with Crippen LogP contribution in [-0.4, -0.2) is 61.0 Å². The molecule has 1 fully saturated rings. The molecule has 1 N–H and O–H groups in total. The molecule has 6 nitrogen and oxygen atoms in total. The Labute approximate surface area is 184 Å².